The van der Waals surface area contributed by atoms with E-state index in [1.807, 2.05) is 0 Å². The molecular formula is C15H14F3NO2. The van der Waals surface area contributed by atoms with Gasteiger partial charge in [-0.05, 0) is 35.4 Å². The molecule has 0 heterocycles. The van der Waals surface area contributed by atoms with Crippen LogP contribution in [0, 0.1) is 0 Å². The molecule has 0 spiro atoms. The van der Waals surface area contributed by atoms with Gasteiger partial charge in [0.25, 0.3) is 0 Å². The molecule has 0 fully saturated rings. The highest BCUT2D eigenvalue weighted by Gasteiger charge is 2.29. The van der Waals surface area contributed by atoms with Crippen molar-refractivity contribution in [2.75, 3.05) is 0 Å². The average molecular weight is 297 g/mol. The lowest BCUT2D eigenvalue weighted by Crippen LogP contribution is -2.13. The summed E-state index contributed by atoms with van der Waals surface area (Å²) in [6.07, 6.45) is -4.32. The standard InChI is InChI=1S/C15H14F3NO2/c16-15(17,18)12-4-1-10(2-5-12)8-19-9-11-3-6-13(20)14(21)7-11/h1-7,19-21H,8-9H2. The smallest absolute Gasteiger partial charge is 0.416 e. The molecule has 2 aromatic carbocycles. The quantitative estimate of drug-likeness (QED) is 0.758. The number of nitrogens with one attached hydrogen (secondary N) is 1. The van der Waals surface area contributed by atoms with Crippen molar-refractivity contribution in [3.63, 3.8) is 0 Å². The molecule has 21 heavy (non-hydrogen) atoms. The molecule has 0 aromatic heterocycles. The van der Waals surface area contributed by atoms with Crippen molar-refractivity contribution in [2.45, 2.75) is 19.3 Å². The summed E-state index contributed by atoms with van der Waals surface area (Å²) in [5.41, 5.74) is 0.818. The van der Waals surface area contributed by atoms with Gasteiger partial charge < -0.3 is 15.5 Å². The van der Waals surface area contributed by atoms with E-state index >= 15 is 0 Å². The maximum absolute atomic E-state index is 12.4. The van der Waals surface area contributed by atoms with Gasteiger partial charge in [0, 0.05) is 13.1 Å². The van der Waals surface area contributed by atoms with E-state index in [0.29, 0.717) is 13.1 Å². The molecule has 2 rings (SSSR count). The van der Waals surface area contributed by atoms with Crippen molar-refractivity contribution < 1.29 is 23.4 Å². The van der Waals surface area contributed by atoms with E-state index < -0.39 is 11.7 Å². The first-order valence-corrected chi connectivity index (χ1v) is 6.24. The largest absolute Gasteiger partial charge is 0.504 e. The Bertz CT molecular complexity index is 609. The third-order valence-electron chi connectivity index (χ3n) is 2.98. The predicted molar refractivity (Wildman–Crippen MR) is 71.8 cm³/mol. The Hall–Kier alpha value is -2.21. The molecule has 0 bridgehead atoms. The van der Waals surface area contributed by atoms with Gasteiger partial charge >= 0.3 is 6.18 Å². The Morgan fingerprint density at radius 3 is 1.95 bits per heavy atom. The number of aromatic hydroxyl groups is 2. The lowest BCUT2D eigenvalue weighted by Gasteiger charge is -2.09. The van der Waals surface area contributed by atoms with Crippen molar-refractivity contribution >= 4 is 0 Å². The Balaban J connectivity index is 1.90. The zero-order chi connectivity index (χ0) is 15.5. The van der Waals surface area contributed by atoms with Crippen molar-refractivity contribution in [1.29, 1.82) is 0 Å². The lowest BCUT2D eigenvalue weighted by molar-refractivity contribution is -0.137. The molecule has 3 N–H and O–H groups in total. The van der Waals surface area contributed by atoms with Crippen LogP contribution in [0.5, 0.6) is 11.5 Å². The molecular weight excluding hydrogens is 283 g/mol. The second kappa shape index (κ2) is 6.05. The van der Waals surface area contributed by atoms with E-state index in [1.165, 1.54) is 24.3 Å². The fraction of sp³-hybridized carbons (Fsp3) is 0.200. The number of benzene rings is 2. The van der Waals surface area contributed by atoms with Gasteiger partial charge in [-0.15, -0.1) is 0 Å². The fourth-order valence-corrected chi connectivity index (χ4v) is 1.84. The highest BCUT2D eigenvalue weighted by molar-refractivity contribution is 5.40. The minimum Gasteiger partial charge on any atom is -0.504 e. The number of alkyl halides is 3. The van der Waals surface area contributed by atoms with Crippen molar-refractivity contribution in [1.82, 2.24) is 5.32 Å². The van der Waals surface area contributed by atoms with Gasteiger partial charge in [0.1, 0.15) is 0 Å². The molecule has 0 atom stereocenters. The topological polar surface area (TPSA) is 52.5 Å². The summed E-state index contributed by atoms with van der Waals surface area (Å²) >= 11 is 0. The number of phenols is 2. The van der Waals surface area contributed by atoms with E-state index in [2.05, 4.69) is 5.32 Å². The van der Waals surface area contributed by atoms with Gasteiger partial charge in [0.15, 0.2) is 11.5 Å². The number of halogens is 3. The molecule has 0 unspecified atom stereocenters. The van der Waals surface area contributed by atoms with Crippen LogP contribution in [0.25, 0.3) is 0 Å². The van der Waals surface area contributed by atoms with Crippen molar-refractivity contribution in [3.05, 3.63) is 59.2 Å². The first-order chi connectivity index (χ1) is 9.86. The van der Waals surface area contributed by atoms with E-state index in [9.17, 15) is 23.4 Å². The maximum atomic E-state index is 12.4. The molecule has 0 amide bonds. The number of phenolic OH excluding ortho intramolecular Hbond substituents is 2. The zero-order valence-electron chi connectivity index (χ0n) is 11.0. The Morgan fingerprint density at radius 1 is 0.810 bits per heavy atom. The van der Waals surface area contributed by atoms with Gasteiger partial charge in [-0.2, -0.15) is 13.2 Å². The molecule has 3 nitrogen and oxygen atoms in total. The van der Waals surface area contributed by atoms with E-state index in [-0.39, 0.29) is 11.5 Å². The average Bonchev–Trinajstić information content (AvgIpc) is 2.42. The third kappa shape index (κ3) is 4.13. The van der Waals surface area contributed by atoms with E-state index in [0.717, 1.165) is 23.3 Å². The highest BCUT2D eigenvalue weighted by Crippen LogP contribution is 2.29. The summed E-state index contributed by atoms with van der Waals surface area (Å²) in [6.45, 7) is 0.828. The summed E-state index contributed by atoms with van der Waals surface area (Å²) in [5.74, 6) is -0.398. The summed E-state index contributed by atoms with van der Waals surface area (Å²) in [7, 11) is 0. The van der Waals surface area contributed by atoms with Gasteiger partial charge in [-0.1, -0.05) is 18.2 Å². The molecule has 0 aliphatic rings. The van der Waals surface area contributed by atoms with Gasteiger partial charge in [-0.3, -0.25) is 0 Å². The first kappa shape index (κ1) is 15.2. The summed E-state index contributed by atoms with van der Waals surface area (Å²) < 4.78 is 37.2. The van der Waals surface area contributed by atoms with Gasteiger partial charge in [-0.25, -0.2) is 0 Å². The van der Waals surface area contributed by atoms with Crippen LogP contribution < -0.4 is 5.32 Å². The van der Waals surface area contributed by atoms with Crippen LogP contribution in [-0.2, 0) is 19.3 Å². The SMILES string of the molecule is Oc1ccc(CNCc2ccc(C(F)(F)F)cc2)cc1O. The fourth-order valence-electron chi connectivity index (χ4n) is 1.84. The number of hydrogen-bond donors (Lipinski definition) is 3. The number of hydrogen-bond acceptors (Lipinski definition) is 3. The first-order valence-electron chi connectivity index (χ1n) is 6.24. The predicted octanol–water partition coefficient (Wildman–Crippen LogP) is 3.41. The van der Waals surface area contributed by atoms with Crippen LogP contribution in [0.2, 0.25) is 0 Å². The molecule has 0 aliphatic carbocycles. The lowest BCUT2D eigenvalue weighted by atomic mass is 10.1. The molecule has 6 heteroatoms. The van der Waals surface area contributed by atoms with Gasteiger partial charge in [0.05, 0.1) is 5.56 Å². The molecule has 0 saturated carbocycles. The summed E-state index contributed by atoms with van der Waals surface area (Å²) in [5, 5.41) is 21.6. The minimum atomic E-state index is -4.32. The van der Waals surface area contributed by atoms with Crippen LogP contribution in [0.4, 0.5) is 13.2 Å². The number of rotatable bonds is 4. The van der Waals surface area contributed by atoms with E-state index in [1.54, 1.807) is 6.07 Å². The van der Waals surface area contributed by atoms with Crippen molar-refractivity contribution in [2.24, 2.45) is 0 Å². The molecule has 0 saturated heterocycles. The highest BCUT2D eigenvalue weighted by atomic mass is 19.4. The monoisotopic (exact) mass is 297 g/mol. The maximum Gasteiger partial charge on any atom is 0.416 e. The van der Waals surface area contributed by atoms with Crippen LogP contribution >= 0.6 is 0 Å². The molecule has 2 aromatic rings. The Labute approximate surface area is 119 Å². The summed E-state index contributed by atoms with van der Waals surface area (Å²) in [6, 6.07) is 9.38. The Morgan fingerprint density at radius 2 is 1.38 bits per heavy atom. The Kier molecular flexibility index (Phi) is 4.37. The normalized spacial score (nSPS) is 11.6. The van der Waals surface area contributed by atoms with Crippen molar-refractivity contribution in [3.8, 4) is 11.5 Å². The van der Waals surface area contributed by atoms with E-state index in [4.69, 9.17) is 0 Å². The molecule has 112 valence electrons. The second-order valence-corrected chi connectivity index (χ2v) is 4.62. The van der Waals surface area contributed by atoms with Gasteiger partial charge in [0.2, 0.25) is 0 Å². The molecule has 0 radical (unpaired) electrons. The zero-order valence-corrected chi connectivity index (χ0v) is 11.0. The molecule has 0 aliphatic heterocycles. The summed E-state index contributed by atoms with van der Waals surface area (Å²) in [4.78, 5) is 0. The van der Waals surface area contributed by atoms with Crippen LogP contribution in [-0.4, -0.2) is 10.2 Å². The van der Waals surface area contributed by atoms with Crippen LogP contribution in [0.3, 0.4) is 0 Å². The van der Waals surface area contributed by atoms with Crippen LogP contribution in [0.15, 0.2) is 42.5 Å². The minimum absolute atomic E-state index is 0.193. The third-order valence-corrected chi connectivity index (χ3v) is 2.98. The second-order valence-electron chi connectivity index (χ2n) is 4.62. The van der Waals surface area contributed by atoms with Crippen LogP contribution in [0.1, 0.15) is 16.7 Å².